The molecule has 1 aromatic heterocycles. The molecule has 2 atom stereocenters. The number of rotatable bonds is 6. The van der Waals surface area contributed by atoms with E-state index in [9.17, 15) is 0 Å². The Balaban J connectivity index is 2.17. The second-order valence-corrected chi connectivity index (χ2v) is 6.03. The van der Waals surface area contributed by atoms with Gasteiger partial charge in [-0.05, 0) is 51.3 Å². The molecule has 0 saturated heterocycles. The zero-order chi connectivity index (χ0) is 13.9. The Bertz CT molecular complexity index is 417. The van der Waals surface area contributed by atoms with Crippen LogP contribution in [0.15, 0.2) is 18.3 Å². The second kappa shape index (κ2) is 6.02. The van der Waals surface area contributed by atoms with Crippen LogP contribution in [0.5, 0.6) is 0 Å². The van der Waals surface area contributed by atoms with Crippen LogP contribution in [0.25, 0.3) is 0 Å². The third-order valence-electron chi connectivity index (χ3n) is 4.22. The first-order chi connectivity index (χ1) is 9.07. The molecule has 2 rings (SSSR count). The second-order valence-electron chi connectivity index (χ2n) is 6.03. The molecule has 0 bridgehead atoms. The summed E-state index contributed by atoms with van der Waals surface area (Å²) < 4.78 is 5.60. The van der Waals surface area contributed by atoms with Crippen molar-refractivity contribution in [1.29, 1.82) is 0 Å². The lowest BCUT2D eigenvalue weighted by Crippen LogP contribution is -2.41. The SMILES string of the molecule is CCNC(CC(C)(C)OC)C1CCc2cccnc21. The molecule has 0 amide bonds. The fourth-order valence-corrected chi connectivity index (χ4v) is 3.07. The van der Waals surface area contributed by atoms with Crippen molar-refractivity contribution in [2.24, 2.45) is 0 Å². The third kappa shape index (κ3) is 3.34. The molecule has 19 heavy (non-hydrogen) atoms. The molecule has 1 aliphatic rings. The number of aromatic nitrogens is 1. The van der Waals surface area contributed by atoms with Crippen molar-refractivity contribution in [2.45, 2.75) is 57.6 Å². The van der Waals surface area contributed by atoms with Crippen LogP contribution >= 0.6 is 0 Å². The highest BCUT2D eigenvalue weighted by molar-refractivity contribution is 5.30. The van der Waals surface area contributed by atoms with Gasteiger partial charge in [0, 0.05) is 31.0 Å². The van der Waals surface area contributed by atoms with Gasteiger partial charge in [0.2, 0.25) is 0 Å². The molecule has 0 fully saturated rings. The maximum absolute atomic E-state index is 5.60. The molecule has 1 N–H and O–H groups in total. The summed E-state index contributed by atoms with van der Waals surface area (Å²) in [5, 5.41) is 3.64. The number of hydrogen-bond acceptors (Lipinski definition) is 3. The Labute approximate surface area is 116 Å². The van der Waals surface area contributed by atoms with E-state index >= 15 is 0 Å². The number of nitrogens with one attached hydrogen (secondary N) is 1. The van der Waals surface area contributed by atoms with Crippen molar-refractivity contribution in [3.63, 3.8) is 0 Å². The summed E-state index contributed by atoms with van der Waals surface area (Å²) in [6.07, 6.45) is 5.28. The van der Waals surface area contributed by atoms with Crippen molar-refractivity contribution in [2.75, 3.05) is 13.7 Å². The number of aryl methyl sites for hydroxylation is 1. The number of fused-ring (bicyclic) bond motifs is 1. The molecule has 3 heteroatoms. The average molecular weight is 262 g/mol. The number of methoxy groups -OCH3 is 1. The topological polar surface area (TPSA) is 34.1 Å². The van der Waals surface area contributed by atoms with E-state index in [2.05, 4.69) is 37.1 Å². The van der Waals surface area contributed by atoms with Crippen LogP contribution < -0.4 is 5.32 Å². The fraction of sp³-hybridized carbons (Fsp3) is 0.688. The Kier molecular flexibility index (Phi) is 4.58. The van der Waals surface area contributed by atoms with E-state index in [0.29, 0.717) is 12.0 Å². The summed E-state index contributed by atoms with van der Waals surface area (Å²) in [4.78, 5) is 4.62. The Morgan fingerprint density at radius 3 is 3.00 bits per heavy atom. The monoisotopic (exact) mass is 262 g/mol. The molecule has 0 spiro atoms. The summed E-state index contributed by atoms with van der Waals surface area (Å²) >= 11 is 0. The van der Waals surface area contributed by atoms with Crippen molar-refractivity contribution in [3.8, 4) is 0 Å². The number of pyridine rings is 1. The fourth-order valence-electron chi connectivity index (χ4n) is 3.07. The van der Waals surface area contributed by atoms with Gasteiger partial charge < -0.3 is 10.1 Å². The van der Waals surface area contributed by atoms with E-state index in [1.54, 1.807) is 7.11 Å². The van der Waals surface area contributed by atoms with Crippen LogP contribution in [0.4, 0.5) is 0 Å². The molecule has 3 nitrogen and oxygen atoms in total. The molecular weight excluding hydrogens is 236 g/mol. The van der Waals surface area contributed by atoms with E-state index in [1.165, 1.54) is 17.7 Å². The van der Waals surface area contributed by atoms with Crippen LogP contribution in [0.1, 0.15) is 50.8 Å². The van der Waals surface area contributed by atoms with Gasteiger partial charge in [0.25, 0.3) is 0 Å². The predicted octanol–water partition coefficient (Wildman–Crippen LogP) is 2.90. The summed E-state index contributed by atoms with van der Waals surface area (Å²) in [5.41, 5.74) is 2.62. The van der Waals surface area contributed by atoms with E-state index in [4.69, 9.17) is 4.74 Å². The highest BCUT2D eigenvalue weighted by atomic mass is 16.5. The number of ether oxygens (including phenoxy) is 1. The molecule has 106 valence electrons. The molecule has 0 radical (unpaired) electrons. The van der Waals surface area contributed by atoms with Crippen molar-refractivity contribution in [3.05, 3.63) is 29.6 Å². The molecule has 0 aliphatic heterocycles. The van der Waals surface area contributed by atoms with E-state index in [1.807, 2.05) is 12.3 Å². The highest BCUT2D eigenvalue weighted by Crippen LogP contribution is 2.36. The van der Waals surface area contributed by atoms with Crippen LogP contribution in [0.3, 0.4) is 0 Å². The van der Waals surface area contributed by atoms with Gasteiger partial charge in [-0.1, -0.05) is 13.0 Å². The minimum absolute atomic E-state index is 0.0929. The standard InChI is InChI=1S/C16H26N2O/c1-5-17-14(11-16(2,3)19-4)13-9-8-12-7-6-10-18-15(12)13/h6-7,10,13-14,17H,5,8-9,11H2,1-4H3. The molecule has 0 aromatic carbocycles. The molecule has 1 aliphatic carbocycles. The first kappa shape index (κ1) is 14.5. The van der Waals surface area contributed by atoms with Crippen LogP contribution in [-0.4, -0.2) is 30.3 Å². The van der Waals surface area contributed by atoms with Crippen LogP contribution in [-0.2, 0) is 11.2 Å². The van der Waals surface area contributed by atoms with Crippen LogP contribution in [0, 0.1) is 0 Å². The summed E-state index contributed by atoms with van der Waals surface area (Å²) in [6.45, 7) is 7.47. The molecule has 1 heterocycles. The minimum atomic E-state index is -0.0929. The quantitative estimate of drug-likeness (QED) is 0.856. The lowest BCUT2D eigenvalue weighted by atomic mass is 9.87. The predicted molar refractivity (Wildman–Crippen MR) is 78.5 cm³/mol. The van der Waals surface area contributed by atoms with E-state index in [0.717, 1.165) is 19.4 Å². The minimum Gasteiger partial charge on any atom is -0.379 e. The van der Waals surface area contributed by atoms with Gasteiger partial charge in [-0.2, -0.15) is 0 Å². The summed E-state index contributed by atoms with van der Waals surface area (Å²) in [7, 11) is 1.80. The first-order valence-electron chi connectivity index (χ1n) is 7.29. The summed E-state index contributed by atoms with van der Waals surface area (Å²) in [6, 6.07) is 4.70. The van der Waals surface area contributed by atoms with Crippen molar-refractivity contribution < 1.29 is 4.74 Å². The smallest absolute Gasteiger partial charge is 0.0637 e. The van der Waals surface area contributed by atoms with Gasteiger partial charge in [0.1, 0.15) is 0 Å². The zero-order valence-corrected chi connectivity index (χ0v) is 12.6. The third-order valence-corrected chi connectivity index (χ3v) is 4.22. The van der Waals surface area contributed by atoms with E-state index < -0.39 is 0 Å². The maximum atomic E-state index is 5.60. The van der Waals surface area contributed by atoms with Gasteiger partial charge in [-0.3, -0.25) is 4.98 Å². The number of likely N-dealkylation sites (N-methyl/N-ethyl adjacent to an activating group) is 1. The number of hydrogen-bond donors (Lipinski definition) is 1. The van der Waals surface area contributed by atoms with E-state index in [-0.39, 0.29) is 5.60 Å². The highest BCUT2D eigenvalue weighted by Gasteiger charge is 2.34. The van der Waals surface area contributed by atoms with Gasteiger partial charge in [0.05, 0.1) is 5.60 Å². The maximum Gasteiger partial charge on any atom is 0.0637 e. The van der Waals surface area contributed by atoms with Gasteiger partial charge >= 0.3 is 0 Å². The molecule has 0 saturated carbocycles. The zero-order valence-electron chi connectivity index (χ0n) is 12.6. The van der Waals surface area contributed by atoms with Gasteiger partial charge in [-0.25, -0.2) is 0 Å². The molecule has 1 aromatic rings. The van der Waals surface area contributed by atoms with Crippen LogP contribution in [0.2, 0.25) is 0 Å². The lowest BCUT2D eigenvalue weighted by molar-refractivity contribution is 0.00471. The lowest BCUT2D eigenvalue weighted by Gasteiger charge is -2.32. The van der Waals surface area contributed by atoms with Gasteiger partial charge in [0.15, 0.2) is 0 Å². The van der Waals surface area contributed by atoms with Gasteiger partial charge in [-0.15, -0.1) is 0 Å². The number of nitrogens with zero attached hydrogens (tertiary/aromatic N) is 1. The Hall–Kier alpha value is -0.930. The van der Waals surface area contributed by atoms with Crippen molar-refractivity contribution in [1.82, 2.24) is 10.3 Å². The first-order valence-corrected chi connectivity index (χ1v) is 7.29. The average Bonchev–Trinajstić information content (AvgIpc) is 2.82. The summed E-state index contributed by atoms with van der Waals surface area (Å²) in [5.74, 6) is 0.519. The normalized spacial score (nSPS) is 20.3. The molecule has 2 unspecified atom stereocenters. The molecular formula is C16H26N2O. The van der Waals surface area contributed by atoms with Crippen molar-refractivity contribution >= 4 is 0 Å². The Morgan fingerprint density at radius 2 is 2.32 bits per heavy atom. The largest absolute Gasteiger partial charge is 0.379 e. The Morgan fingerprint density at radius 1 is 1.53 bits per heavy atom.